The van der Waals surface area contributed by atoms with E-state index in [0.717, 1.165) is 0 Å². The van der Waals surface area contributed by atoms with Crippen LogP contribution in [0.15, 0.2) is 16.6 Å². The first-order valence-corrected chi connectivity index (χ1v) is 7.44. The Hall–Kier alpha value is -2.09. The van der Waals surface area contributed by atoms with Crippen LogP contribution in [-0.4, -0.2) is 33.7 Å². The number of esters is 1. The first-order chi connectivity index (χ1) is 10.4. The standard InChI is InChI=1S/C14H15BrN2O5/c1-3-22-14(19)13-8-6-12(18)9(15)7-11(8)16(2)10(13)4-5-17(20)21/h6-7,18H,3-5H2,1-2H3. The molecular formula is C14H15BrN2O5. The molecule has 0 unspecified atom stereocenters. The van der Waals surface area contributed by atoms with Gasteiger partial charge < -0.3 is 14.4 Å². The molecule has 2 aromatic rings. The number of phenolic OH excluding ortho intramolecular Hbond substituents is 1. The number of ether oxygens (including phenoxy) is 1. The third kappa shape index (κ3) is 2.92. The monoisotopic (exact) mass is 370 g/mol. The zero-order valence-electron chi connectivity index (χ0n) is 12.1. The van der Waals surface area contributed by atoms with Crippen LogP contribution >= 0.6 is 15.9 Å². The summed E-state index contributed by atoms with van der Waals surface area (Å²) in [6.45, 7) is 1.60. The topological polar surface area (TPSA) is 94.6 Å². The van der Waals surface area contributed by atoms with Gasteiger partial charge in [0.2, 0.25) is 6.54 Å². The van der Waals surface area contributed by atoms with Crippen LogP contribution in [0.3, 0.4) is 0 Å². The molecule has 22 heavy (non-hydrogen) atoms. The third-order valence-corrected chi connectivity index (χ3v) is 4.04. The van der Waals surface area contributed by atoms with Gasteiger partial charge in [-0.15, -0.1) is 0 Å². The number of nitrogens with zero attached hydrogens (tertiary/aromatic N) is 2. The number of carbonyl (C=O) groups is 1. The summed E-state index contributed by atoms with van der Waals surface area (Å²) in [5.74, 6) is -0.558. The summed E-state index contributed by atoms with van der Waals surface area (Å²) < 4.78 is 7.25. The number of hydrogen-bond acceptors (Lipinski definition) is 5. The number of benzene rings is 1. The number of halogens is 1. The van der Waals surface area contributed by atoms with Crippen LogP contribution in [0.25, 0.3) is 10.9 Å². The second-order valence-electron chi connectivity index (χ2n) is 4.73. The van der Waals surface area contributed by atoms with Gasteiger partial charge in [-0.3, -0.25) is 10.1 Å². The van der Waals surface area contributed by atoms with E-state index in [1.54, 1.807) is 24.6 Å². The molecule has 0 spiro atoms. The highest BCUT2D eigenvalue weighted by molar-refractivity contribution is 9.10. The Morgan fingerprint density at radius 1 is 1.50 bits per heavy atom. The van der Waals surface area contributed by atoms with Crippen molar-refractivity contribution in [1.82, 2.24) is 4.57 Å². The van der Waals surface area contributed by atoms with Gasteiger partial charge in [-0.25, -0.2) is 4.79 Å². The summed E-state index contributed by atoms with van der Waals surface area (Å²) in [5, 5.41) is 21.0. The number of aromatic hydroxyl groups is 1. The maximum Gasteiger partial charge on any atom is 0.340 e. The van der Waals surface area contributed by atoms with Gasteiger partial charge >= 0.3 is 5.97 Å². The van der Waals surface area contributed by atoms with Crippen molar-refractivity contribution in [2.24, 2.45) is 7.05 Å². The van der Waals surface area contributed by atoms with Gasteiger partial charge in [0.1, 0.15) is 5.75 Å². The first-order valence-electron chi connectivity index (χ1n) is 6.65. The molecule has 0 saturated carbocycles. The number of rotatable bonds is 5. The Labute approximate surface area is 134 Å². The average Bonchev–Trinajstić information content (AvgIpc) is 2.70. The predicted octanol–water partition coefficient (Wildman–Crippen LogP) is 2.64. The quantitative estimate of drug-likeness (QED) is 0.495. The van der Waals surface area contributed by atoms with Gasteiger partial charge in [0.25, 0.3) is 0 Å². The number of aromatic nitrogens is 1. The van der Waals surface area contributed by atoms with Crippen molar-refractivity contribution in [2.75, 3.05) is 13.2 Å². The van der Waals surface area contributed by atoms with Crippen LogP contribution in [0.1, 0.15) is 23.0 Å². The molecule has 0 bridgehead atoms. The minimum absolute atomic E-state index is 0.00975. The van der Waals surface area contributed by atoms with Crippen molar-refractivity contribution in [3.63, 3.8) is 0 Å². The van der Waals surface area contributed by atoms with E-state index >= 15 is 0 Å². The van der Waals surface area contributed by atoms with Gasteiger partial charge in [0.05, 0.1) is 28.6 Å². The van der Waals surface area contributed by atoms with Gasteiger partial charge in [0, 0.05) is 23.1 Å². The minimum atomic E-state index is -0.548. The molecule has 1 N–H and O–H groups in total. The normalized spacial score (nSPS) is 10.9. The Balaban J connectivity index is 2.68. The number of fused-ring (bicyclic) bond motifs is 1. The SMILES string of the molecule is CCOC(=O)c1c(CC[N+](=O)[O-])n(C)c2cc(Br)c(O)cc12. The second-order valence-corrected chi connectivity index (χ2v) is 5.58. The van der Waals surface area contributed by atoms with E-state index in [1.807, 2.05) is 0 Å². The van der Waals surface area contributed by atoms with Crippen LogP contribution < -0.4 is 0 Å². The molecule has 1 aromatic carbocycles. The summed E-state index contributed by atoms with van der Waals surface area (Å²) in [5.41, 5.74) is 1.47. The summed E-state index contributed by atoms with van der Waals surface area (Å²) in [6, 6.07) is 3.13. The lowest BCUT2D eigenvalue weighted by Crippen LogP contribution is -2.13. The summed E-state index contributed by atoms with van der Waals surface area (Å²) >= 11 is 3.23. The smallest absolute Gasteiger partial charge is 0.340 e. The molecule has 0 radical (unpaired) electrons. The fourth-order valence-electron chi connectivity index (χ4n) is 2.42. The first kappa shape index (κ1) is 16.3. The maximum atomic E-state index is 12.2. The number of carbonyl (C=O) groups excluding carboxylic acids is 1. The van der Waals surface area contributed by atoms with Crippen LogP contribution in [-0.2, 0) is 18.2 Å². The highest BCUT2D eigenvalue weighted by atomic mass is 79.9. The van der Waals surface area contributed by atoms with E-state index in [-0.39, 0.29) is 30.9 Å². The maximum absolute atomic E-state index is 12.2. The minimum Gasteiger partial charge on any atom is -0.507 e. The van der Waals surface area contributed by atoms with Crippen molar-refractivity contribution in [2.45, 2.75) is 13.3 Å². The van der Waals surface area contributed by atoms with E-state index in [1.165, 1.54) is 6.07 Å². The zero-order chi connectivity index (χ0) is 16.4. The predicted molar refractivity (Wildman–Crippen MR) is 83.8 cm³/mol. The van der Waals surface area contributed by atoms with Crippen LogP contribution in [0.4, 0.5) is 0 Å². The van der Waals surface area contributed by atoms with Gasteiger partial charge in [0.15, 0.2) is 0 Å². The molecule has 118 valence electrons. The van der Waals surface area contributed by atoms with Crippen molar-refractivity contribution < 1.29 is 19.6 Å². The molecular weight excluding hydrogens is 356 g/mol. The van der Waals surface area contributed by atoms with Crippen LogP contribution in [0.2, 0.25) is 0 Å². The van der Waals surface area contributed by atoms with E-state index in [9.17, 15) is 20.0 Å². The van der Waals surface area contributed by atoms with Crippen molar-refractivity contribution in [3.05, 3.63) is 38.0 Å². The van der Waals surface area contributed by atoms with Crippen molar-refractivity contribution >= 4 is 32.8 Å². The van der Waals surface area contributed by atoms with Gasteiger partial charge in [-0.05, 0) is 35.0 Å². The van der Waals surface area contributed by atoms with Gasteiger partial charge in [-0.1, -0.05) is 0 Å². The molecule has 0 aliphatic heterocycles. The zero-order valence-corrected chi connectivity index (χ0v) is 13.7. The largest absolute Gasteiger partial charge is 0.507 e. The van der Waals surface area contributed by atoms with Crippen molar-refractivity contribution in [3.8, 4) is 5.75 Å². The fourth-order valence-corrected chi connectivity index (χ4v) is 2.75. The molecule has 0 saturated heterocycles. The highest BCUT2D eigenvalue weighted by Crippen LogP contribution is 2.34. The van der Waals surface area contributed by atoms with E-state index in [2.05, 4.69) is 15.9 Å². The Kier molecular flexibility index (Phi) is 4.70. The van der Waals surface area contributed by atoms with Crippen molar-refractivity contribution in [1.29, 1.82) is 0 Å². The number of nitro groups is 1. The molecule has 0 aliphatic rings. The third-order valence-electron chi connectivity index (χ3n) is 3.40. The molecule has 2 rings (SSSR count). The van der Waals surface area contributed by atoms with Crippen LogP contribution in [0.5, 0.6) is 5.75 Å². The lowest BCUT2D eigenvalue weighted by Gasteiger charge is -2.05. The Morgan fingerprint density at radius 2 is 2.18 bits per heavy atom. The molecule has 1 heterocycles. The Morgan fingerprint density at radius 3 is 2.77 bits per heavy atom. The Bertz CT molecular complexity index is 754. The summed E-state index contributed by atoms with van der Waals surface area (Å²) in [7, 11) is 1.73. The molecule has 8 heteroatoms. The summed E-state index contributed by atoms with van der Waals surface area (Å²) in [4.78, 5) is 22.5. The molecule has 0 amide bonds. The lowest BCUT2D eigenvalue weighted by atomic mass is 10.1. The molecule has 0 fully saturated rings. The van der Waals surface area contributed by atoms with Gasteiger partial charge in [-0.2, -0.15) is 0 Å². The fraction of sp³-hybridized carbons (Fsp3) is 0.357. The lowest BCUT2D eigenvalue weighted by molar-refractivity contribution is -0.479. The van der Waals surface area contributed by atoms with Crippen LogP contribution in [0, 0.1) is 10.1 Å². The molecule has 7 nitrogen and oxygen atoms in total. The highest BCUT2D eigenvalue weighted by Gasteiger charge is 2.24. The second kappa shape index (κ2) is 6.35. The number of hydrogen-bond donors (Lipinski definition) is 1. The van der Waals surface area contributed by atoms with E-state index < -0.39 is 10.9 Å². The summed E-state index contributed by atoms with van der Waals surface area (Å²) in [6.07, 6.45) is 0.102. The number of aryl methyl sites for hydroxylation is 1. The van der Waals surface area contributed by atoms with E-state index in [4.69, 9.17) is 4.74 Å². The number of phenols is 1. The molecule has 0 atom stereocenters. The van der Waals surface area contributed by atoms with E-state index in [0.29, 0.717) is 21.1 Å². The molecule has 1 aromatic heterocycles. The average molecular weight is 371 g/mol. The molecule has 0 aliphatic carbocycles.